The summed E-state index contributed by atoms with van der Waals surface area (Å²) >= 11 is 0. The molecule has 8 nitrogen and oxygen atoms in total. The molecule has 0 bridgehead atoms. The van der Waals surface area contributed by atoms with Crippen molar-refractivity contribution in [3.63, 3.8) is 0 Å². The quantitative estimate of drug-likeness (QED) is 0.186. The van der Waals surface area contributed by atoms with Crippen LogP contribution in [0.2, 0.25) is 0 Å². The number of methoxy groups -OCH3 is 3. The zero-order valence-corrected chi connectivity index (χ0v) is 25.9. The first-order valence-electron chi connectivity index (χ1n) is 15.5. The topological polar surface area (TPSA) is 92.9 Å². The highest BCUT2D eigenvalue weighted by molar-refractivity contribution is 5.90. The summed E-state index contributed by atoms with van der Waals surface area (Å²) in [6, 6.07) is 20.9. The van der Waals surface area contributed by atoms with Crippen LogP contribution in [0.15, 0.2) is 72.9 Å². The van der Waals surface area contributed by atoms with Gasteiger partial charge in [0.1, 0.15) is 6.04 Å². The Kier molecular flexibility index (Phi) is 10.4. The molecule has 2 amide bonds. The van der Waals surface area contributed by atoms with Gasteiger partial charge in [0.25, 0.3) is 0 Å². The molecule has 1 heterocycles. The van der Waals surface area contributed by atoms with E-state index >= 15 is 0 Å². The van der Waals surface area contributed by atoms with E-state index in [0.29, 0.717) is 42.2 Å². The van der Waals surface area contributed by atoms with Crippen molar-refractivity contribution in [2.45, 2.75) is 63.5 Å². The molecule has 2 N–H and O–H groups in total. The lowest BCUT2D eigenvalue weighted by molar-refractivity contribution is -0.141. The Morgan fingerprint density at radius 2 is 1.57 bits per heavy atom. The minimum atomic E-state index is -0.884. The Morgan fingerprint density at radius 1 is 0.886 bits per heavy atom. The van der Waals surface area contributed by atoms with Gasteiger partial charge in [-0.15, -0.1) is 0 Å². The van der Waals surface area contributed by atoms with Gasteiger partial charge in [-0.2, -0.15) is 0 Å². The molecule has 0 saturated heterocycles. The summed E-state index contributed by atoms with van der Waals surface area (Å²) in [7, 11) is 4.66. The SMILES string of the molecule is COc1cc(C(C(=O)NC2CCCCC2)N(CCc2ccccc2)C(=O)CCc2c[nH]c3ccccc23)cc(OC)c1OC. The lowest BCUT2D eigenvalue weighted by atomic mass is 9.94. The monoisotopic (exact) mass is 597 g/mol. The number of ether oxygens (including phenoxy) is 3. The van der Waals surface area contributed by atoms with Crippen LogP contribution in [0.5, 0.6) is 17.2 Å². The number of aromatic nitrogens is 1. The van der Waals surface area contributed by atoms with E-state index < -0.39 is 6.04 Å². The number of nitrogens with one attached hydrogen (secondary N) is 2. The van der Waals surface area contributed by atoms with Crippen molar-refractivity contribution in [2.75, 3.05) is 27.9 Å². The summed E-state index contributed by atoms with van der Waals surface area (Å²) in [5, 5.41) is 4.40. The molecule has 1 fully saturated rings. The molecule has 3 aromatic carbocycles. The van der Waals surface area contributed by atoms with Crippen molar-refractivity contribution in [3.05, 3.63) is 89.6 Å². The van der Waals surface area contributed by atoms with Gasteiger partial charge in [0.05, 0.1) is 21.3 Å². The van der Waals surface area contributed by atoms with E-state index in [2.05, 4.69) is 16.4 Å². The molecular formula is C36H43N3O5. The third kappa shape index (κ3) is 7.18. The van der Waals surface area contributed by atoms with Crippen molar-refractivity contribution in [1.82, 2.24) is 15.2 Å². The predicted octanol–water partition coefficient (Wildman–Crippen LogP) is 6.39. The zero-order chi connectivity index (χ0) is 30.9. The summed E-state index contributed by atoms with van der Waals surface area (Å²) in [4.78, 5) is 33.6. The Bertz CT molecular complexity index is 1520. The van der Waals surface area contributed by atoms with Gasteiger partial charge in [-0.3, -0.25) is 9.59 Å². The zero-order valence-electron chi connectivity index (χ0n) is 25.9. The molecule has 1 atom stereocenters. The maximum absolute atomic E-state index is 14.3. The summed E-state index contributed by atoms with van der Waals surface area (Å²) in [6.45, 7) is 0.371. The smallest absolute Gasteiger partial charge is 0.247 e. The average Bonchev–Trinajstić information content (AvgIpc) is 3.48. The predicted molar refractivity (Wildman–Crippen MR) is 172 cm³/mol. The molecule has 232 valence electrons. The molecule has 8 heteroatoms. The lowest BCUT2D eigenvalue weighted by Gasteiger charge is -2.34. The van der Waals surface area contributed by atoms with E-state index in [-0.39, 0.29) is 24.3 Å². The number of aromatic amines is 1. The Morgan fingerprint density at radius 3 is 2.25 bits per heavy atom. The maximum Gasteiger partial charge on any atom is 0.247 e. The van der Waals surface area contributed by atoms with Gasteiger partial charge >= 0.3 is 0 Å². The standard InChI is InChI=1S/C36H43N3O5/c1-42-31-22-27(23-32(43-2)35(31)44-3)34(36(41)38-28-14-8-5-9-15-28)39(21-20-25-12-6-4-7-13-25)33(40)19-18-26-24-37-30-17-11-10-16-29(26)30/h4,6-7,10-13,16-17,22-24,28,34,37H,5,8-9,14-15,18-21H2,1-3H3,(H,38,41). The second-order valence-electron chi connectivity index (χ2n) is 11.4. The summed E-state index contributed by atoms with van der Waals surface area (Å²) < 4.78 is 16.9. The van der Waals surface area contributed by atoms with Crippen LogP contribution in [0.3, 0.4) is 0 Å². The number of aryl methyl sites for hydroxylation is 1. The minimum Gasteiger partial charge on any atom is -0.493 e. The Hall–Kier alpha value is -4.46. The van der Waals surface area contributed by atoms with E-state index in [1.54, 1.807) is 38.4 Å². The molecule has 5 rings (SSSR count). The Labute approximate surface area is 259 Å². The second-order valence-corrected chi connectivity index (χ2v) is 11.4. The third-order valence-electron chi connectivity index (χ3n) is 8.60. The summed E-state index contributed by atoms with van der Waals surface area (Å²) in [5.74, 6) is 1.02. The first-order valence-corrected chi connectivity index (χ1v) is 15.5. The Balaban J connectivity index is 1.52. The third-order valence-corrected chi connectivity index (χ3v) is 8.60. The van der Waals surface area contributed by atoms with Gasteiger partial charge in [-0.25, -0.2) is 0 Å². The molecular weight excluding hydrogens is 554 g/mol. The number of hydrogen-bond donors (Lipinski definition) is 2. The minimum absolute atomic E-state index is 0.0816. The van der Waals surface area contributed by atoms with Gasteiger partial charge in [0, 0.05) is 36.1 Å². The van der Waals surface area contributed by atoms with Gasteiger partial charge in [0.15, 0.2) is 11.5 Å². The summed E-state index contributed by atoms with van der Waals surface area (Å²) in [5.41, 5.74) is 3.82. The van der Waals surface area contributed by atoms with Crippen molar-refractivity contribution in [1.29, 1.82) is 0 Å². The molecule has 1 unspecified atom stereocenters. The van der Waals surface area contributed by atoms with Crippen molar-refractivity contribution < 1.29 is 23.8 Å². The van der Waals surface area contributed by atoms with Crippen molar-refractivity contribution in [3.8, 4) is 17.2 Å². The highest BCUT2D eigenvalue weighted by atomic mass is 16.5. The van der Waals surface area contributed by atoms with Gasteiger partial charge in [0.2, 0.25) is 17.6 Å². The number of amides is 2. The van der Waals surface area contributed by atoms with Crippen LogP contribution in [-0.2, 0) is 22.4 Å². The number of para-hydroxylation sites is 1. The number of carbonyl (C=O) groups excluding carboxylic acids is 2. The number of hydrogen-bond acceptors (Lipinski definition) is 5. The lowest BCUT2D eigenvalue weighted by Crippen LogP contribution is -2.47. The first-order chi connectivity index (χ1) is 21.5. The molecule has 4 aromatic rings. The molecule has 1 saturated carbocycles. The molecule has 1 aliphatic rings. The number of H-pyrrole nitrogens is 1. The van der Waals surface area contributed by atoms with Crippen LogP contribution in [-0.4, -0.2) is 55.6 Å². The second kappa shape index (κ2) is 14.8. The van der Waals surface area contributed by atoms with E-state index in [1.807, 2.05) is 54.7 Å². The van der Waals surface area contributed by atoms with Crippen LogP contribution in [0.4, 0.5) is 0 Å². The van der Waals surface area contributed by atoms with Gasteiger partial charge in [-0.05, 0) is 60.6 Å². The normalized spacial score (nSPS) is 14.2. The molecule has 1 aromatic heterocycles. The highest BCUT2D eigenvalue weighted by Crippen LogP contribution is 2.41. The van der Waals surface area contributed by atoms with E-state index in [9.17, 15) is 9.59 Å². The number of rotatable bonds is 13. The van der Waals surface area contributed by atoms with E-state index in [4.69, 9.17) is 14.2 Å². The molecule has 0 spiro atoms. The van der Waals surface area contributed by atoms with Crippen LogP contribution in [0.25, 0.3) is 10.9 Å². The van der Waals surface area contributed by atoms with Crippen molar-refractivity contribution in [2.24, 2.45) is 0 Å². The highest BCUT2D eigenvalue weighted by Gasteiger charge is 2.34. The van der Waals surface area contributed by atoms with Crippen LogP contribution in [0, 0.1) is 0 Å². The van der Waals surface area contributed by atoms with Crippen LogP contribution < -0.4 is 19.5 Å². The number of carbonyl (C=O) groups is 2. The summed E-state index contributed by atoms with van der Waals surface area (Å²) in [6.07, 6.45) is 8.61. The fraction of sp³-hybridized carbons (Fsp3) is 0.389. The van der Waals surface area contributed by atoms with Crippen LogP contribution >= 0.6 is 0 Å². The number of benzene rings is 3. The van der Waals surface area contributed by atoms with E-state index in [1.165, 1.54) is 6.42 Å². The molecule has 1 aliphatic carbocycles. The van der Waals surface area contributed by atoms with Gasteiger partial charge < -0.3 is 29.4 Å². The van der Waals surface area contributed by atoms with Crippen LogP contribution in [0.1, 0.15) is 61.3 Å². The van der Waals surface area contributed by atoms with Crippen molar-refractivity contribution >= 4 is 22.7 Å². The average molecular weight is 598 g/mol. The molecule has 0 aliphatic heterocycles. The van der Waals surface area contributed by atoms with Gasteiger partial charge in [-0.1, -0.05) is 67.8 Å². The molecule has 44 heavy (non-hydrogen) atoms. The fourth-order valence-electron chi connectivity index (χ4n) is 6.27. The fourth-order valence-corrected chi connectivity index (χ4v) is 6.27. The number of nitrogens with zero attached hydrogens (tertiary/aromatic N) is 1. The first kappa shape index (κ1) is 31.0. The largest absolute Gasteiger partial charge is 0.493 e. The maximum atomic E-state index is 14.3. The van der Waals surface area contributed by atoms with E-state index in [0.717, 1.165) is 47.7 Å². The molecule has 0 radical (unpaired) electrons. The number of fused-ring (bicyclic) bond motifs is 1.